The van der Waals surface area contributed by atoms with Gasteiger partial charge in [-0.3, -0.25) is 47.9 Å². The number of carbonyl (C=O) groups is 10. The van der Waals surface area contributed by atoms with E-state index in [1.807, 2.05) is 0 Å². The van der Waals surface area contributed by atoms with Gasteiger partial charge in [0.25, 0.3) is 0 Å². The van der Waals surface area contributed by atoms with Crippen LogP contribution in [0.5, 0.6) is 0 Å². The first-order valence-corrected chi connectivity index (χ1v) is 27.4. The predicted molar refractivity (Wildman–Crippen MR) is 244 cm³/mol. The number of hydrogen-bond donors (Lipinski definition) is 1. The molecule has 4 fully saturated rings. The Bertz CT molecular complexity index is 2050. The molecule has 0 aliphatic carbocycles. The SMILES string of the molecule is CC(=O)NC1C([C@H](OC(C)=O)[C@@H](COC(C)=O)OC(C)=O)O[C@@]2(COC3C(O2)[C@@H](OC(C)=O)C(COC(C)=O)O[C@H]3O[C@@H]2C(COC(C)=O)O[C@@H](OCC[Si](C)(C)C)C(OC(C)=O)C2OC(C)=O)C[C@@H]1OC(C)=O. The third kappa shape index (κ3) is 18.2. The molecular weight excluding hydrogens is 1010 g/mol. The van der Waals surface area contributed by atoms with E-state index >= 15 is 0 Å². The molecule has 0 aromatic rings. The smallest absolute Gasteiger partial charge is 0.303 e. The maximum Gasteiger partial charge on any atom is 0.303 e. The standard InChI is InChI=1S/C46H69NO26Si/c1-21(48)47-35-31(63-25(5)52)16-46(72-39(35)36(65-27(7)54)32(64-26(6)53)17-59-22(2)49)20-62-42-41(73-46)38(66-28(8)55)34(19-61-24(4)51)70-45(42)71-37-33(18-60-23(3)50)69-44(58-14-15-74(11,12)13)43(68-30(10)57)40(37)67-29(9)56/h31-45H,14-20H2,1-13H3,(H,47,48)/t31-,32+,33?,34?,35?,36+,37+,38-,39?,40?,41?,42?,43?,44+,45-,46-/m0/s1. The molecule has 27 nitrogen and oxygen atoms in total. The van der Waals surface area contributed by atoms with Crippen LogP contribution in [-0.4, -0.2) is 198 Å². The maximum atomic E-state index is 12.9. The van der Waals surface area contributed by atoms with Gasteiger partial charge in [-0.25, -0.2) is 0 Å². The van der Waals surface area contributed by atoms with E-state index in [0.717, 1.165) is 69.2 Å². The third-order valence-corrected chi connectivity index (χ3v) is 13.0. The Hall–Kier alpha value is -5.36. The van der Waals surface area contributed by atoms with Crippen molar-refractivity contribution in [1.82, 2.24) is 5.32 Å². The van der Waals surface area contributed by atoms with Crippen LogP contribution >= 0.6 is 0 Å². The van der Waals surface area contributed by atoms with E-state index in [0.29, 0.717) is 6.04 Å². The number of hydrogen-bond acceptors (Lipinski definition) is 26. The summed E-state index contributed by atoms with van der Waals surface area (Å²) in [6.07, 6.45) is -22.5. The highest BCUT2D eigenvalue weighted by molar-refractivity contribution is 6.76. The molecule has 4 rings (SSSR count). The molecule has 28 heteroatoms. The number of ether oxygens (including phenoxy) is 16. The van der Waals surface area contributed by atoms with Gasteiger partial charge >= 0.3 is 53.7 Å². The minimum Gasteiger partial charge on any atom is -0.463 e. The lowest BCUT2D eigenvalue weighted by molar-refractivity contribution is -0.433. The number of fused-ring (bicyclic) bond motifs is 1. The first-order valence-electron chi connectivity index (χ1n) is 23.7. The van der Waals surface area contributed by atoms with Crippen LogP contribution in [0.3, 0.4) is 0 Å². The first kappa shape index (κ1) is 61.2. The summed E-state index contributed by atoms with van der Waals surface area (Å²) in [5, 5.41) is 2.64. The molecule has 8 unspecified atom stereocenters. The van der Waals surface area contributed by atoms with Crippen LogP contribution in [0.15, 0.2) is 0 Å². The van der Waals surface area contributed by atoms with Gasteiger partial charge in [0.2, 0.25) is 5.91 Å². The molecule has 4 saturated heterocycles. The van der Waals surface area contributed by atoms with Crippen molar-refractivity contribution in [3.05, 3.63) is 0 Å². The van der Waals surface area contributed by atoms with Gasteiger partial charge < -0.3 is 81.1 Å². The van der Waals surface area contributed by atoms with E-state index < -0.39 is 198 Å². The lowest BCUT2D eigenvalue weighted by atomic mass is 9.87. The number of esters is 9. The van der Waals surface area contributed by atoms with E-state index in [4.69, 9.17) is 75.8 Å². The molecule has 4 aliphatic heterocycles. The van der Waals surface area contributed by atoms with Crippen molar-refractivity contribution in [3.8, 4) is 0 Å². The van der Waals surface area contributed by atoms with Crippen LogP contribution in [-0.2, 0) is 124 Å². The molecule has 16 atom stereocenters. The molecule has 4 aliphatic rings. The fourth-order valence-corrected chi connectivity index (χ4v) is 9.34. The van der Waals surface area contributed by atoms with Gasteiger partial charge in [-0.15, -0.1) is 0 Å². The van der Waals surface area contributed by atoms with Crippen molar-refractivity contribution in [2.24, 2.45) is 0 Å². The molecule has 4 heterocycles. The van der Waals surface area contributed by atoms with Crippen molar-refractivity contribution in [2.75, 3.05) is 33.0 Å². The average molecular weight is 1080 g/mol. The highest BCUT2D eigenvalue weighted by Gasteiger charge is 2.63. The van der Waals surface area contributed by atoms with Crippen molar-refractivity contribution < 1.29 is 124 Å². The summed E-state index contributed by atoms with van der Waals surface area (Å²) in [5.41, 5.74) is 0. The van der Waals surface area contributed by atoms with Crippen molar-refractivity contribution >= 4 is 67.7 Å². The van der Waals surface area contributed by atoms with E-state index in [9.17, 15) is 47.9 Å². The molecule has 0 aromatic carbocycles. The monoisotopic (exact) mass is 1080 g/mol. The molecule has 1 N–H and O–H groups in total. The summed E-state index contributed by atoms with van der Waals surface area (Å²) in [6.45, 7) is 14.6. The normalized spacial score (nSPS) is 31.4. The largest absolute Gasteiger partial charge is 0.463 e. The Morgan fingerprint density at radius 2 is 1.11 bits per heavy atom. The van der Waals surface area contributed by atoms with E-state index in [-0.39, 0.29) is 6.61 Å². The van der Waals surface area contributed by atoms with Gasteiger partial charge in [0.05, 0.1) is 6.04 Å². The fraction of sp³-hybridized carbons (Fsp3) is 0.783. The van der Waals surface area contributed by atoms with Gasteiger partial charge in [0.1, 0.15) is 69.2 Å². The van der Waals surface area contributed by atoms with E-state index in [1.165, 1.54) is 0 Å². The Balaban J connectivity index is 1.92. The third-order valence-electron chi connectivity index (χ3n) is 11.3. The van der Waals surface area contributed by atoms with Gasteiger partial charge in [-0.05, 0) is 6.04 Å². The molecule has 0 radical (unpaired) electrons. The van der Waals surface area contributed by atoms with Crippen LogP contribution in [0.25, 0.3) is 0 Å². The summed E-state index contributed by atoms with van der Waals surface area (Å²) in [6, 6.07) is -0.801. The van der Waals surface area contributed by atoms with Crippen molar-refractivity contribution in [1.29, 1.82) is 0 Å². The van der Waals surface area contributed by atoms with Crippen molar-refractivity contribution in [3.63, 3.8) is 0 Å². The topological polar surface area (TPSA) is 330 Å². The van der Waals surface area contributed by atoms with Crippen LogP contribution in [0.1, 0.15) is 75.7 Å². The number of rotatable bonds is 21. The summed E-state index contributed by atoms with van der Waals surface area (Å²) in [4.78, 5) is 126. The van der Waals surface area contributed by atoms with Gasteiger partial charge in [-0.1, -0.05) is 19.6 Å². The van der Waals surface area contributed by atoms with Gasteiger partial charge in [0.15, 0.2) is 48.9 Å². The molecule has 0 bridgehead atoms. The Kier molecular flexibility index (Phi) is 22.3. The second kappa shape index (κ2) is 26.9. The quantitative estimate of drug-likeness (QED) is 0.0913. The molecule has 74 heavy (non-hydrogen) atoms. The highest BCUT2D eigenvalue weighted by Crippen LogP contribution is 2.44. The molecular formula is C46H69NO26Si. The first-order chi connectivity index (χ1) is 34.5. The van der Waals surface area contributed by atoms with Crippen LogP contribution in [0.4, 0.5) is 0 Å². The van der Waals surface area contributed by atoms with Crippen LogP contribution in [0.2, 0.25) is 25.7 Å². The van der Waals surface area contributed by atoms with Crippen molar-refractivity contribution in [2.45, 2.75) is 199 Å². The second-order valence-electron chi connectivity index (χ2n) is 19.1. The lowest BCUT2D eigenvalue weighted by Gasteiger charge is -2.56. The van der Waals surface area contributed by atoms with Crippen LogP contribution in [0, 0.1) is 0 Å². The molecule has 0 saturated carbocycles. The zero-order valence-electron chi connectivity index (χ0n) is 43.7. The zero-order valence-corrected chi connectivity index (χ0v) is 44.7. The maximum absolute atomic E-state index is 12.9. The molecule has 1 amide bonds. The minimum atomic E-state index is -2.18. The Morgan fingerprint density at radius 3 is 1.62 bits per heavy atom. The number of nitrogens with one attached hydrogen (secondary N) is 1. The Labute approximate surface area is 428 Å². The molecule has 418 valence electrons. The molecule has 1 spiro atoms. The number of amides is 1. The zero-order chi connectivity index (χ0) is 55.4. The molecule has 0 aromatic heterocycles. The summed E-state index contributed by atoms with van der Waals surface area (Å²) < 4.78 is 95.7. The van der Waals surface area contributed by atoms with E-state index in [1.54, 1.807) is 0 Å². The summed E-state index contributed by atoms with van der Waals surface area (Å²) in [7, 11) is -1.73. The van der Waals surface area contributed by atoms with E-state index in [2.05, 4.69) is 25.0 Å². The van der Waals surface area contributed by atoms with Crippen LogP contribution < -0.4 is 5.32 Å². The number of carbonyl (C=O) groups excluding carboxylic acids is 10. The van der Waals surface area contributed by atoms with Gasteiger partial charge in [0, 0.05) is 90.3 Å². The Morgan fingerprint density at radius 1 is 0.581 bits per heavy atom. The predicted octanol–water partition coefficient (Wildman–Crippen LogP) is 0.230. The minimum absolute atomic E-state index is 0.125. The van der Waals surface area contributed by atoms with Gasteiger partial charge in [-0.2, -0.15) is 0 Å². The fourth-order valence-electron chi connectivity index (χ4n) is 8.61. The second-order valence-corrected chi connectivity index (χ2v) is 24.8. The summed E-state index contributed by atoms with van der Waals surface area (Å²) >= 11 is 0. The average Bonchev–Trinajstić information content (AvgIpc) is 3.25. The summed E-state index contributed by atoms with van der Waals surface area (Å²) in [5.74, 6) is -10.6. The highest BCUT2D eigenvalue weighted by atomic mass is 28.3. The lowest BCUT2D eigenvalue weighted by Crippen LogP contribution is -2.74.